The number of rotatable bonds is 4. The monoisotopic (exact) mass is 359 g/mol. The number of aryl methyl sites for hydroxylation is 1. The zero-order valence-corrected chi connectivity index (χ0v) is 15.1. The Morgan fingerprint density at radius 3 is 2.72 bits per heavy atom. The highest BCUT2D eigenvalue weighted by Gasteiger charge is 2.48. The lowest BCUT2D eigenvalue weighted by Gasteiger charge is -2.35. The molecular formula is C19H22ClN3O2. The number of benzene rings is 1. The summed E-state index contributed by atoms with van der Waals surface area (Å²) in [5.41, 5.74) is 0.582. The summed E-state index contributed by atoms with van der Waals surface area (Å²) in [7, 11) is 0. The van der Waals surface area contributed by atoms with Crippen LogP contribution in [0.5, 0.6) is 0 Å². The topological polar surface area (TPSA) is 68.0 Å². The lowest BCUT2D eigenvalue weighted by Crippen LogP contribution is -2.48. The van der Waals surface area contributed by atoms with Gasteiger partial charge >= 0.3 is 0 Å². The maximum Gasteiger partial charge on any atom is 0.224 e. The van der Waals surface area contributed by atoms with Crippen LogP contribution in [0.3, 0.4) is 0 Å². The van der Waals surface area contributed by atoms with Crippen LogP contribution < -0.4 is 5.32 Å². The fourth-order valence-electron chi connectivity index (χ4n) is 3.99. The van der Waals surface area contributed by atoms with Crippen LogP contribution in [0.1, 0.15) is 61.7 Å². The maximum absolute atomic E-state index is 12.9. The van der Waals surface area contributed by atoms with Crippen molar-refractivity contribution < 1.29 is 9.32 Å². The molecule has 1 N–H and O–H groups in total. The van der Waals surface area contributed by atoms with Crippen LogP contribution >= 0.6 is 11.6 Å². The molecule has 0 bridgehead atoms. The first-order valence-electron chi connectivity index (χ1n) is 8.96. The van der Waals surface area contributed by atoms with Gasteiger partial charge in [0.25, 0.3) is 0 Å². The van der Waals surface area contributed by atoms with Crippen molar-refractivity contribution >= 4 is 17.5 Å². The van der Waals surface area contributed by atoms with E-state index in [2.05, 4.69) is 15.5 Å². The van der Waals surface area contributed by atoms with E-state index in [4.69, 9.17) is 16.1 Å². The van der Waals surface area contributed by atoms with Gasteiger partial charge in [-0.1, -0.05) is 54.2 Å². The van der Waals surface area contributed by atoms with E-state index in [1.807, 2.05) is 24.3 Å². The molecule has 0 aliphatic heterocycles. The Balaban J connectivity index is 1.51. The van der Waals surface area contributed by atoms with Gasteiger partial charge in [-0.2, -0.15) is 4.98 Å². The second-order valence-electron chi connectivity index (χ2n) is 7.24. The van der Waals surface area contributed by atoms with E-state index in [9.17, 15) is 4.79 Å². The molecule has 2 atom stereocenters. The fraction of sp³-hybridized carbons (Fsp3) is 0.526. The van der Waals surface area contributed by atoms with Gasteiger partial charge in [0.1, 0.15) is 5.54 Å². The van der Waals surface area contributed by atoms with Crippen LogP contribution in [0.4, 0.5) is 0 Å². The van der Waals surface area contributed by atoms with Crippen molar-refractivity contribution in [3.05, 3.63) is 46.6 Å². The first kappa shape index (κ1) is 16.6. The SMILES string of the molecule is Cc1nc(C2(NC(=O)[C@H]3C[C@H]3c3ccccc3Cl)CCCCC2)no1. The summed E-state index contributed by atoms with van der Waals surface area (Å²) in [5.74, 6) is 1.42. The van der Waals surface area contributed by atoms with Crippen molar-refractivity contribution in [2.24, 2.45) is 5.92 Å². The smallest absolute Gasteiger partial charge is 0.224 e. The Morgan fingerprint density at radius 1 is 1.28 bits per heavy atom. The van der Waals surface area contributed by atoms with Crippen molar-refractivity contribution in [1.29, 1.82) is 0 Å². The van der Waals surface area contributed by atoms with Gasteiger partial charge in [-0.05, 0) is 36.8 Å². The Labute approximate surface area is 152 Å². The molecule has 25 heavy (non-hydrogen) atoms. The van der Waals surface area contributed by atoms with Gasteiger partial charge in [0.2, 0.25) is 11.8 Å². The van der Waals surface area contributed by atoms with Crippen LogP contribution in [0.25, 0.3) is 0 Å². The molecule has 2 aliphatic rings. The highest BCUT2D eigenvalue weighted by atomic mass is 35.5. The summed E-state index contributed by atoms with van der Waals surface area (Å²) in [4.78, 5) is 17.3. The van der Waals surface area contributed by atoms with Gasteiger partial charge in [0.15, 0.2) is 5.82 Å². The number of hydrogen-bond acceptors (Lipinski definition) is 4. The van der Waals surface area contributed by atoms with Crippen LogP contribution in [0.15, 0.2) is 28.8 Å². The minimum Gasteiger partial charge on any atom is -0.343 e. The molecule has 6 heteroatoms. The lowest BCUT2D eigenvalue weighted by atomic mass is 9.80. The molecule has 1 aromatic carbocycles. The van der Waals surface area contributed by atoms with Crippen LogP contribution in [-0.2, 0) is 10.3 Å². The first-order chi connectivity index (χ1) is 12.1. The van der Waals surface area contributed by atoms with Crippen molar-refractivity contribution in [2.45, 2.75) is 56.9 Å². The summed E-state index contributed by atoms with van der Waals surface area (Å²) in [5, 5.41) is 8.13. The predicted molar refractivity (Wildman–Crippen MR) is 94.2 cm³/mol. The van der Waals surface area contributed by atoms with E-state index in [0.29, 0.717) is 11.7 Å². The summed E-state index contributed by atoms with van der Waals surface area (Å²) >= 11 is 6.28. The zero-order valence-electron chi connectivity index (χ0n) is 14.3. The van der Waals surface area contributed by atoms with Crippen molar-refractivity contribution in [3.8, 4) is 0 Å². The molecule has 0 saturated heterocycles. The van der Waals surface area contributed by atoms with Gasteiger partial charge < -0.3 is 9.84 Å². The van der Waals surface area contributed by atoms with E-state index in [0.717, 1.165) is 42.7 Å². The summed E-state index contributed by atoms with van der Waals surface area (Å²) in [6, 6.07) is 7.78. The average Bonchev–Trinajstić information content (AvgIpc) is 3.29. The molecule has 2 aliphatic carbocycles. The summed E-state index contributed by atoms with van der Waals surface area (Å²) < 4.78 is 5.18. The van der Waals surface area contributed by atoms with E-state index in [-0.39, 0.29) is 17.7 Å². The maximum atomic E-state index is 12.9. The third kappa shape index (κ3) is 3.17. The molecule has 5 nitrogen and oxygen atoms in total. The van der Waals surface area contributed by atoms with E-state index < -0.39 is 5.54 Å². The predicted octanol–water partition coefficient (Wildman–Crippen LogP) is 4.11. The third-order valence-corrected chi connectivity index (χ3v) is 5.80. The van der Waals surface area contributed by atoms with Crippen molar-refractivity contribution in [1.82, 2.24) is 15.5 Å². The standard InChI is InChI=1S/C19H22ClN3O2/c1-12-21-18(23-25-12)19(9-5-2-6-10-19)22-17(24)15-11-14(15)13-7-3-4-8-16(13)20/h3-4,7-8,14-15H,2,5-6,9-11H2,1H3,(H,22,24)/t14-,15-/m0/s1. The summed E-state index contributed by atoms with van der Waals surface area (Å²) in [6.07, 6.45) is 5.87. The van der Waals surface area contributed by atoms with Crippen molar-refractivity contribution in [2.75, 3.05) is 0 Å². The second-order valence-corrected chi connectivity index (χ2v) is 7.65. The van der Waals surface area contributed by atoms with Gasteiger partial charge in [-0.15, -0.1) is 0 Å². The molecule has 4 rings (SSSR count). The quantitative estimate of drug-likeness (QED) is 0.891. The number of carbonyl (C=O) groups excluding carboxylic acids is 1. The Morgan fingerprint density at radius 2 is 2.04 bits per heavy atom. The van der Waals surface area contributed by atoms with Crippen molar-refractivity contribution in [3.63, 3.8) is 0 Å². The lowest BCUT2D eigenvalue weighted by molar-refractivity contribution is -0.125. The molecular weight excluding hydrogens is 338 g/mol. The normalized spacial score (nSPS) is 24.7. The molecule has 2 saturated carbocycles. The van der Waals surface area contributed by atoms with E-state index >= 15 is 0 Å². The molecule has 2 aromatic rings. The van der Waals surface area contributed by atoms with Gasteiger partial charge in [-0.25, -0.2) is 0 Å². The first-order valence-corrected chi connectivity index (χ1v) is 9.34. The van der Waals surface area contributed by atoms with E-state index in [1.165, 1.54) is 6.42 Å². The van der Waals surface area contributed by atoms with Gasteiger partial charge in [0, 0.05) is 17.9 Å². The zero-order chi connectivity index (χ0) is 17.4. The van der Waals surface area contributed by atoms with Gasteiger partial charge in [0.05, 0.1) is 0 Å². The number of halogens is 1. The Bertz CT molecular complexity index is 782. The Kier molecular flexibility index (Phi) is 4.28. The van der Waals surface area contributed by atoms with Crippen LogP contribution in [0, 0.1) is 12.8 Å². The number of carbonyl (C=O) groups is 1. The molecule has 0 spiro atoms. The molecule has 1 aromatic heterocycles. The van der Waals surface area contributed by atoms with Crippen LogP contribution in [-0.4, -0.2) is 16.0 Å². The number of aromatic nitrogens is 2. The highest BCUT2D eigenvalue weighted by molar-refractivity contribution is 6.31. The fourth-order valence-corrected chi connectivity index (χ4v) is 4.26. The molecule has 0 unspecified atom stereocenters. The number of nitrogens with one attached hydrogen (secondary N) is 1. The van der Waals surface area contributed by atoms with E-state index in [1.54, 1.807) is 6.92 Å². The largest absolute Gasteiger partial charge is 0.343 e. The average molecular weight is 360 g/mol. The molecule has 132 valence electrons. The van der Waals surface area contributed by atoms with Crippen LogP contribution in [0.2, 0.25) is 5.02 Å². The molecule has 1 heterocycles. The number of hydrogen-bond donors (Lipinski definition) is 1. The second kappa shape index (κ2) is 6.45. The molecule has 2 fully saturated rings. The number of nitrogens with zero attached hydrogens (tertiary/aromatic N) is 2. The molecule has 1 amide bonds. The minimum atomic E-state index is -0.485. The number of amides is 1. The third-order valence-electron chi connectivity index (χ3n) is 5.46. The minimum absolute atomic E-state index is 0.0216. The molecule has 0 radical (unpaired) electrons. The Hall–Kier alpha value is -1.88. The summed E-state index contributed by atoms with van der Waals surface area (Å²) in [6.45, 7) is 1.78. The van der Waals surface area contributed by atoms with Gasteiger partial charge in [-0.3, -0.25) is 4.79 Å². The highest BCUT2D eigenvalue weighted by Crippen LogP contribution is 2.50.